The molecule has 0 radical (unpaired) electrons. The van der Waals surface area contributed by atoms with Crippen molar-refractivity contribution >= 4 is 23.5 Å². The van der Waals surface area contributed by atoms with Crippen molar-refractivity contribution in [1.82, 2.24) is 5.32 Å². The molecule has 7 heteroatoms. The zero-order chi connectivity index (χ0) is 13.9. The number of aliphatic carboxylic acids is 1. The Morgan fingerprint density at radius 1 is 1.50 bits per heavy atom. The zero-order valence-corrected chi connectivity index (χ0v) is 10.2. The highest BCUT2D eigenvalue weighted by molar-refractivity contribution is 6.31. The molecule has 0 aromatic heterocycles. The number of carbonyl (C=O) groups excluding carboxylic acids is 1. The van der Waals surface area contributed by atoms with Crippen LogP contribution in [0.3, 0.4) is 0 Å². The van der Waals surface area contributed by atoms with Gasteiger partial charge in [-0.1, -0.05) is 17.7 Å². The summed E-state index contributed by atoms with van der Waals surface area (Å²) in [6.45, 7) is 0.469. The minimum Gasteiger partial charge on any atom is -0.479 e. The van der Waals surface area contributed by atoms with Crippen molar-refractivity contribution in [3.63, 3.8) is 0 Å². The number of hydrogen-bond acceptors (Lipinski definition) is 3. The largest absolute Gasteiger partial charge is 0.479 e. The van der Waals surface area contributed by atoms with E-state index in [4.69, 9.17) is 16.7 Å². The van der Waals surface area contributed by atoms with Gasteiger partial charge in [0.2, 0.25) is 0 Å². The van der Waals surface area contributed by atoms with Gasteiger partial charge in [-0.3, -0.25) is 4.79 Å². The summed E-state index contributed by atoms with van der Waals surface area (Å²) in [6.07, 6.45) is 0. The number of amides is 1. The first-order valence-electron chi connectivity index (χ1n) is 4.93. The highest BCUT2D eigenvalue weighted by atomic mass is 35.5. The number of aliphatic hydroxyl groups is 1. The summed E-state index contributed by atoms with van der Waals surface area (Å²) in [4.78, 5) is 22.2. The van der Waals surface area contributed by atoms with Crippen LogP contribution in [-0.2, 0) is 4.79 Å². The summed E-state index contributed by atoms with van der Waals surface area (Å²) >= 11 is 5.50. The molecule has 0 saturated carbocycles. The van der Waals surface area contributed by atoms with Crippen molar-refractivity contribution in [3.8, 4) is 0 Å². The summed E-state index contributed by atoms with van der Waals surface area (Å²) in [5, 5.41) is 19.9. The van der Waals surface area contributed by atoms with Crippen LogP contribution < -0.4 is 5.32 Å². The summed E-state index contributed by atoms with van der Waals surface area (Å²) in [7, 11) is 0. The third-order valence-electron chi connectivity index (χ3n) is 2.25. The maximum atomic E-state index is 13.5. The van der Waals surface area contributed by atoms with Gasteiger partial charge in [-0.15, -0.1) is 0 Å². The quantitative estimate of drug-likeness (QED) is 0.766. The molecule has 0 aliphatic carbocycles. The van der Waals surface area contributed by atoms with Crippen molar-refractivity contribution in [1.29, 1.82) is 0 Å². The van der Waals surface area contributed by atoms with Gasteiger partial charge in [0.25, 0.3) is 5.91 Å². The molecule has 1 amide bonds. The zero-order valence-electron chi connectivity index (χ0n) is 9.41. The minimum atomic E-state index is -2.12. The van der Waals surface area contributed by atoms with E-state index < -0.39 is 29.8 Å². The van der Waals surface area contributed by atoms with Gasteiger partial charge >= 0.3 is 5.97 Å². The second-order valence-corrected chi connectivity index (χ2v) is 4.27. The predicted molar refractivity (Wildman–Crippen MR) is 62.0 cm³/mol. The minimum absolute atomic E-state index is 0.215. The topological polar surface area (TPSA) is 86.6 Å². The van der Waals surface area contributed by atoms with Crippen LogP contribution in [0.15, 0.2) is 18.2 Å². The van der Waals surface area contributed by atoms with E-state index in [0.29, 0.717) is 0 Å². The lowest BCUT2D eigenvalue weighted by atomic mass is 10.1. The second kappa shape index (κ2) is 5.32. The Bertz CT molecular complexity index is 490. The molecule has 0 aliphatic heterocycles. The fourth-order valence-corrected chi connectivity index (χ4v) is 1.28. The highest BCUT2D eigenvalue weighted by Gasteiger charge is 2.30. The highest BCUT2D eigenvalue weighted by Crippen LogP contribution is 2.17. The van der Waals surface area contributed by atoms with Crippen LogP contribution in [0.25, 0.3) is 0 Å². The van der Waals surface area contributed by atoms with E-state index >= 15 is 0 Å². The Morgan fingerprint density at radius 2 is 2.11 bits per heavy atom. The van der Waals surface area contributed by atoms with E-state index in [2.05, 4.69) is 5.32 Å². The molecule has 1 aromatic rings. The molecule has 0 fully saturated rings. The van der Waals surface area contributed by atoms with Gasteiger partial charge in [-0.25, -0.2) is 9.18 Å². The number of rotatable bonds is 4. The lowest BCUT2D eigenvalue weighted by molar-refractivity contribution is -0.155. The van der Waals surface area contributed by atoms with E-state index in [-0.39, 0.29) is 10.6 Å². The molecule has 0 heterocycles. The number of nitrogens with one attached hydrogen (secondary N) is 1. The number of halogens is 2. The maximum Gasteiger partial charge on any atom is 0.337 e. The van der Waals surface area contributed by atoms with E-state index in [1.807, 2.05) is 0 Å². The van der Waals surface area contributed by atoms with E-state index in [1.165, 1.54) is 18.2 Å². The summed E-state index contributed by atoms with van der Waals surface area (Å²) in [5.41, 5.74) is -2.44. The first-order valence-corrected chi connectivity index (χ1v) is 5.31. The fraction of sp³-hybridized carbons (Fsp3) is 0.273. The average molecular weight is 276 g/mol. The molecular weight excluding hydrogens is 265 g/mol. The Balaban J connectivity index is 2.78. The first kappa shape index (κ1) is 14.4. The third-order valence-corrected chi connectivity index (χ3v) is 2.54. The molecule has 0 aliphatic rings. The Kier molecular flexibility index (Phi) is 4.26. The molecule has 1 atom stereocenters. The summed E-state index contributed by atoms with van der Waals surface area (Å²) in [5.74, 6) is -3.24. The lowest BCUT2D eigenvalue weighted by Gasteiger charge is -2.18. The molecule has 0 bridgehead atoms. The third kappa shape index (κ3) is 3.18. The SMILES string of the molecule is CC(O)(CNC(=O)c1cccc(Cl)c1F)C(=O)O. The van der Waals surface area contributed by atoms with Crippen molar-refractivity contribution in [2.75, 3.05) is 6.54 Å². The van der Waals surface area contributed by atoms with Crippen molar-refractivity contribution in [2.45, 2.75) is 12.5 Å². The van der Waals surface area contributed by atoms with Gasteiger partial charge in [0.15, 0.2) is 11.4 Å². The van der Waals surface area contributed by atoms with Crippen LogP contribution in [0.1, 0.15) is 17.3 Å². The summed E-state index contributed by atoms with van der Waals surface area (Å²) in [6, 6.07) is 3.86. The van der Waals surface area contributed by atoms with Gasteiger partial charge in [-0.05, 0) is 19.1 Å². The number of carboxylic acids is 1. The van der Waals surface area contributed by atoms with Crippen LogP contribution >= 0.6 is 11.6 Å². The standard InChI is InChI=1S/C11H11ClFNO4/c1-11(18,10(16)17)5-14-9(15)6-3-2-4-7(12)8(6)13/h2-4,18H,5H2,1H3,(H,14,15)(H,16,17). The van der Waals surface area contributed by atoms with Crippen molar-refractivity contribution in [3.05, 3.63) is 34.6 Å². The molecule has 98 valence electrons. The lowest BCUT2D eigenvalue weighted by Crippen LogP contribution is -2.46. The molecule has 0 spiro atoms. The van der Waals surface area contributed by atoms with Crippen LogP contribution in [0, 0.1) is 5.82 Å². The average Bonchev–Trinajstić information content (AvgIpc) is 2.29. The monoisotopic (exact) mass is 275 g/mol. The molecule has 1 rings (SSSR count). The normalized spacial score (nSPS) is 13.8. The molecule has 18 heavy (non-hydrogen) atoms. The van der Waals surface area contributed by atoms with Crippen molar-refractivity contribution in [2.24, 2.45) is 0 Å². The summed E-state index contributed by atoms with van der Waals surface area (Å²) < 4.78 is 13.5. The Labute approximate surface area is 107 Å². The molecular formula is C11H11ClFNO4. The first-order chi connectivity index (χ1) is 8.25. The molecule has 5 nitrogen and oxygen atoms in total. The molecule has 3 N–H and O–H groups in total. The molecule has 0 saturated heterocycles. The smallest absolute Gasteiger partial charge is 0.337 e. The van der Waals surface area contributed by atoms with Crippen LogP contribution in [0.2, 0.25) is 5.02 Å². The van der Waals surface area contributed by atoms with Gasteiger partial charge in [0, 0.05) is 0 Å². The van der Waals surface area contributed by atoms with Gasteiger partial charge < -0.3 is 15.5 Å². The second-order valence-electron chi connectivity index (χ2n) is 3.86. The van der Waals surface area contributed by atoms with Crippen LogP contribution in [0.4, 0.5) is 4.39 Å². The van der Waals surface area contributed by atoms with Gasteiger partial charge in [0.1, 0.15) is 0 Å². The Morgan fingerprint density at radius 3 is 2.67 bits per heavy atom. The van der Waals surface area contributed by atoms with E-state index in [9.17, 15) is 19.1 Å². The van der Waals surface area contributed by atoms with Crippen LogP contribution in [0.5, 0.6) is 0 Å². The van der Waals surface area contributed by atoms with Gasteiger partial charge in [-0.2, -0.15) is 0 Å². The van der Waals surface area contributed by atoms with Crippen LogP contribution in [-0.4, -0.2) is 34.2 Å². The number of hydrogen-bond donors (Lipinski definition) is 3. The molecule has 1 aromatic carbocycles. The maximum absolute atomic E-state index is 13.5. The Hall–Kier alpha value is -1.66. The van der Waals surface area contributed by atoms with Crippen molar-refractivity contribution < 1.29 is 24.2 Å². The fourth-order valence-electron chi connectivity index (χ4n) is 1.10. The number of benzene rings is 1. The molecule has 1 unspecified atom stereocenters. The van der Waals surface area contributed by atoms with E-state index in [1.54, 1.807) is 0 Å². The number of carbonyl (C=O) groups is 2. The van der Waals surface area contributed by atoms with E-state index in [0.717, 1.165) is 6.92 Å². The number of carboxylic acid groups (broad SMARTS) is 1. The predicted octanol–water partition coefficient (Wildman–Crippen LogP) is 1.04. The van der Waals surface area contributed by atoms with Gasteiger partial charge in [0.05, 0.1) is 17.1 Å².